The van der Waals surface area contributed by atoms with Crippen molar-refractivity contribution in [2.75, 3.05) is 11.9 Å². The Morgan fingerprint density at radius 3 is 2.86 bits per heavy atom. The second kappa shape index (κ2) is 7.43. The molecule has 0 radical (unpaired) electrons. The van der Waals surface area contributed by atoms with Crippen LogP contribution in [0.4, 0.5) is 5.69 Å². The molecule has 1 aliphatic carbocycles. The first kappa shape index (κ1) is 17.5. The van der Waals surface area contributed by atoms with Crippen molar-refractivity contribution in [3.63, 3.8) is 0 Å². The molecule has 1 amide bonds. The lowest BCUT2D eigenvalue weighted by atomic mass is 9.96. The van der Waals surface area contributed by atoms with Gasteiger partial charge in [0.1, 0.15) is 5.69 Å². The molecule has 1 aromatic carbocycles. The van der Waals surface area contributed by atoms with Crippen LogP contribution in [-0.2, 0) is 0 Å². The molecule has 0 bridgehead atoms. The van der Waals surface area contributed by atoms with Crippen LogP contribution in [0.3, 0.4) is 0 Å². The number of benzene rings is 1. The molecule has 1 unspecified atom stereocenters. The highest BCUT2D eigenvalue weighted by Gasteiger charge is 2.27. The minimum atomic E-state index is -0.267. The fraction of sp³-hybridized carbons (Fsp3) is 0.227. The summed E-state index contributed by atoms with van der Waals surface area (Å²) in [5.74, 6) is 0.967. The average Bonchev–Trinajstić information content (AvgIpc) is 3.48. The van der Waals surface area contributed by atoms with Crippen molar-refractivity contribution in [1.29, 1.82) is 0 Å². The van der Waals surface area contributed by atoms with E-state index in [1.807, 2.05) is 24.3 Å². The Kier molecular flexibility index (Phi) is 4.48. The molecule has 1 aliphatic heterocycles. The van der Waals surface area contributed by atoms with Gasteiger partial charge in [-0.1, -0.05) is 12.1 Å². The van der Waals surface area contributed by atoms with Crippen LogP contribution >= 0.6 is 0 Å². The van der Waals surface area contributed by atoms with Crippen LogP contribution < -0.4 is 5.32 Å². The number of anilines is 1. The third-order valence-corrected chi connectivity index (χ3v) is 5.14. The number of carbonyl (C=O) groups excluding carboxylic acids is 1. The van der Waals surface area contributed by atoms with E-state index < -0.39 is 0 Å². The topological polar surface area (TPSA) is 93.3 Å². The van der Waals surface area contributed by atoms with Crippen molar-refractivity contribution in [3.8, 4) is 11.5 Å². The molecule has 144 valence electrons. The van der Waals surface area contributed by atoms with Gasteiger partial charge in [0, 0.05) is 41.5 Å². The summed E-state index contributed by atoms with van der Waals surface area (Å²) in [6, 6.07) is 11.0. The van der Waals surface area contributed by atoms with Gasteiger partial charge in [-0.25, -0.2) is 0 Å². The zero-order chi connectivity index (χ0) is 19.6. The van der Waals surface area contributed by atoms with Gasteiger partial charge in [-0.05, 0) is 54.8 Å². The van der Waals surface area contributed by atoms with Gasteiger partial charge in [-0.2, -0.15) is 0 Å². The molecule has 1 N–H and O–H groups in total. The van der Waals surface area contributed by atoms with E-state index in [9.17, 15) is 4.79 Å². The maximum Gasteiger partial charge on any atom is 0.274 e. The summed E-state index contributed by atoms with van der Waals surface area (Å²) in [6.07, 6.45) is 9.77. The van der Waals surface area contributed by atoms with Crippen LogP contribution in [0.15, 0.2) is 70.6 Å². The quantitative estimate of drug-likeness (QED) is 0.719. The van der Waals surface area contributed by atoms with Crippen molar-refractivity contribution >= 4 is 17.3 Å². The van der Waals surface area contributed by atoms with Gasteiger partial charge in [-0.3, -0.25) is 14.8 Å². The molecule has 1 saturated carbocycles. The summed E-state index contributed by atoms with van der Waals surface area (Å²) < 4.78 is 5.21. The molecule has 29 heavy (non-hydrogen) atoms. The Morgan fingerprint density at radius 2 is 2.10 bits per heavy atom. The molecule has 3 heterocycles. The van der Waals surface area contributed by atoms with Crippen molar-refractivity contribution in [3.05, 3.63) is 72.4 Å². The molecule has 7 nitrogen and oxygen atoms in total. The van der Waals surface area contributed by atoms with Gasteiger partial charge < -0.3 is 9.73 Å². The highest BCUT2D eigenvalue weighted by molar-refractivity contribution is 6.03. The van der Waals surface area contributed by atoms with Crippen molar-refractivity contribution in [1.82, 2.24) is 15.2 Å². The number of nitrogens with one attached hydrogen (secondary N) is 1. The number of dihydropyridines is 1. The van der Waals surface area contributed by atoms with E-state index in [0.29, 0.717) is 23.2 Å². The highest BCUT2D eigenvalue weighted by Crippen LogP contribution is 2.33. The zero-order valence-corrected chi connectivity index (χ0v) is 15.7. The van der Waals surface area contributed by atoms with Crippen LogP contribution in [-0.4, -0.2) is 33.3 Å². The molecule has 7 heteroatoms. The van der Waals surface area contributed by atoms with Gasteiger partial charge in [-0.15, -0.1) is 10.2 Å². The van der Waals surface area contributed by atoms with Crippen LogP contribution in [0.2, 0.25) is 0 Å². The van der Waals surface area contributed by atoms with Crippen molar-refractivity contribution in [2.45, 2.75) is 18.8 Å². The maximum atomic E-state index is 12.7. The molecular weight excluding hydrogens is 366 g/mol. The lowest BCUT2D eigenvalue weighted by Crippen LogP contribution is -2.15. The standard InChI is InChI=1S/C22H19N5O2/c28-21(26-18-3-1-2-16(10-18)22-27-25-13-29-22)20-11-15(8-9-23-20)17-6-7-19(24-12-17)14-4-5-14/h1-3,6-11,13-14,17H,4-5,12H2,(H,26,28). The smallest absolute Gasteiger partial charge is 0.274 e. The second-order valence-electron chi connectivity index (χ2n) is 7.26. The predicted molar refractivity (Wildman–Crippen MR) is 109 cm³/mol. The Hall–Kier alpha value is -3.61. The Bertz CT molecular complexity index is 1100. The maximum absolute atomic E-state index is 12.7. The number of carbonyl (C=O) groups is 1. The number of nitrogens with zero attached hydrogens (tertiary/aromatic N) is 4. The lowest BCUT2D eigenvalue weighted by Gasteiger charge is -2.16. The summed E-state index contributed by atoms with van der Waals surface area (Å²) in [5.41, 5.74) is 4.00. The highest BCUT2D eigenvalue weighted by atomic mass is 16.4. The van der Waals surface area contributed by atoms with E-state index in [4.69, 9.17) is 9.41 Å². The first-order chi connectivity index (χ1) is 14.3. The largest absolute Gasteiger partial charge is 0.423 e. The Morgan fingerprint density at radius 1 is 1.17 bits per heavy atom. The van der Waals surface area contributed by atoms with Crippen LogP contribution in [0.5, 0.6) is 0 Å². The average molecular weight is 385 g/mol. The fourth-order valence-electron chi connectivity index (χ4n) is 3.42. The molecule has 0 spiro atoms. The summed E-state index contributed by atoms with van der Waals surface area (Å²) >= 11 is 0. The summed E-state index contributed by atoms with van der Waals surface area (Å²) in [5, 5.41) is 10.5. The minimum Gasteiger partial charge on any atom is -0.423 e. The normalized spacial score (nSPS) is 18.3. The number of hydrogen-bond donors (Lipinski definition) is 1. The van der Waals surface area contributed by atoms with E-state index in [1.165, 1.54) is 24.9 Å². The van der Waals surface area contributed by atoms with E-state index >= 15 is 0 Å². The number of hydrogen-bond acceptors (Lipinski definition) is 6. The molecule has 1 fully saturated rings. The van der Waals surface area contributed by atoms with Crippen LogP contribution in [0, 0.1) is 5.92 Å². The molecule has 0 saturated heterocycles. The third kappa shape index (κ3) is 3.85. The third-order valence-electron chi connectivity index (χ3n) is 5.14. The van der Waals surface area contributed by atoms with E-state index in [2.05, 4.69) is 32.7 Å². The van der Waals surface area contributed by atoms with Crippen molar-refractivity contribution < 1.29 is 9.21 Å². The Balaban J connectivity index is 1.30. The van der Waals surface area contributed by atoms with Gasteiger partial charge in [0.05, 0.1) is 0 Å². The Labute approximate surface area is 167 Å². The minimum absolute atomic E-state index is 0.174. The van der Waals surface area contributed by atoms with Crippen LogP contribution in [0.1, 0.15) is 34.8 Å². The van der Waals surface area contributed by atoms with Crippen LogP contribution in [0.25, 0.3) is 11.5 Å². The number of aliphatic imine (C=N–C) groups is 1. The van der Waals surface area contributed by atoms with E-state index in [1.54, 1.807) is 18.3 Å². The number of amides is 1. The summed E-state index contributed by atoms with van der Waals surface area (Å²) in [6.45, 7) is 0.722. The van der Waals surface area contributed by atoms with Gasteiger partial charge >= 0.3 is 0 Å². The zero-order valence-electron chi connectivity index (χ0n) is 15.7. The molecule has 2 aromatic heterocycles. The monoisotopic (exact) mass is 385 g/mol. The van der Waals surface area contributed by atoms with Crippen molar-refractivity contribution in [2.24, 2.45) is 10.9 Å². The van der Waals surface area contributed by atoms with E-state index in [0.717, 1.165) is 17.7 Å². The summed E-state index contributed by atoms with van der Waals surface area (Å²) in [4.78, 5) is 21.7. The van der Waals surface area contributed by atoms with E-state index in [-0.39, 0.29) is 11.8 Å². The number of pyridine rings is 1. The molecule has 3 aromatic rings. The molecule has 5 rings (SSSR count). The van der Waals surface area contributed by atoms with Gasteiger partial charge in [0.2, 0.25) is 12.3 Å². The van der Waals surface area contributed by atoms with Gasteiger partial charge in [0.25, 0.3) is 5.91 Å². The molecular formula is C22H19N5O2. The predicted octanol–water partition coefficient (Wildman–Crippen LogP) is 3.89. The fourth-order valence-corrected chi connectivity index (χ4v) is 3.42. The second-order valence-corrected chi connectivity index (χ2v) is 7.26. The first-order valence-corrected chi connectivity index (χ1v) is 9.63. The number of aromatic nitrogens is 3. The first-order valence-electron chi connectivity index (χ1n) is 9.63. The molecule has 1 atom stereocenters. The lowest BCUT2D eigenvalue weighted by molar-refractivity contribution is 0.102. The summed E-state index contributed by atoms with van der Waals surface area (Å²) in [7, 11) is 0. The number of rotatable bonds is 5. The molecule has 2 aliphatic rings. The SMILES string of the molecule is O=C(Nc1cccc(-c2nnco2)c1)c1cc(C2C=CC(C3CC3)=NC2)ccn1. The van der Waals surface area contributed by atoms with Gasteiger partial charge in [0.15, 0.2) is 0 Å². The number of allylic oxidation sites excluding steroid dienone is 1.